The zero-order valence-electron chi connectivity index (χ0n) is 16.9. The number of rotatable bonds is 7. The second-order valence-electron chi connectivity index (χ2n) is 8.66. The summed E-state index contributed by atoms with van der Waals surface area (Å²) >= 11 is 0. The van der Waals surface area contributed by atoms with Crippen molar-refractivity contribution in [2.75, 3.05) is 26.2 Å². The molecule has 0 radical (unpaired) electrons. The second-order valence-corrected chi connectivity index (χ2v) is 8.66. The molecule has 1 atom stereocenters. The van der Waals surface area contributed by atoms with Gasteiger partial charge in [0.1, 0.15) is 6.04 Å². The highest BCUT2D eigenvalue weighted by Crippen LogP contribution is 2.31. The predicted octanol–water partition coefficient (Wildman–Crippen LogP) is 4.71. The molecule has 2 fully saturated rings. The summed E-state index contributed by atoms with van der Waals surface area (Å²) in [6.45, 7) is 10.1. The van der Waals surface area contributed by atoms with Crippen molar-refractivity contribution in [2.45, 2.75) is 96.7 Å². The maximum atomic E-state index is 13.4. The minimum Gasteiger partial charge on any atom is -0.376 e. The van der Waals surface area contributed by atoms with Crippen LogP contribution in [0.25, 0.3) is 0 Å². The third-order valence-corrected chi connectivity index (χ3v) is 5.89. The van der Waals surface area contributed by atoms with Crippen molar-refractivity contribution in [3.63, 3.8) is 0 Å². The molecule has 0 aromatic heterocycles. The van der Waals surface area contributed by atoms with Crippen molar-refractivity contribution in [2.24, 2.45) is 5.92 Å². The number of ether oxygens (including phenoxy) is 1. The van der Waals surface area contributed by atoms with Gasteiger partial charge in [-0.05, 0) is 78.7 Å². The Morgan fingerprint density at radius 1 is 1.00 bits per heavy atom. The first-order chi connectivity index (χ1) is 12.2. The molecule has 0 N–H and O–H groups in total. The molecule has 26 heavy (non-hydrogen) atoms. The van der Waals surface area contributed by atoms with Crippen molar-refractivity contribution < 1.29 is 17.9 Å². The first-order valence-corrected chi connectivity index (χ1v) is 10.4. The lowest BCUT2D eigenvalue weighted by Gasteiger charge is -2.44. The Labute approximate surface area is 157 Å². The summed E-state index contributed by atoms with van der Waals surface area (Å²) in [6.07, 6.45) is 3.36. The first kappa shape index (κ1) is 22.0. The Bertz CT molecular complexity index is 406. The highest BCUT2D eigenvalue weighted by Gasteiger charge is 2.46. The van der Waals surface area contributed by atoms with Gasteiger partial charge in [0.05, 0.1) is 12.2 Å². The monoisotopic (exact) mass is 378 g/mol. The van der Waals surface area contributed by atoms with Gasteiger partial charge >= 0.3 is 6.18 Å². The van der Waals surface area contributed by atoms with Gasteiger partial charge in [-0.1, -0.05) is 0 Å². The van der Waals surface area contributed by atoms with Gasteiger partial charge in [0.15, 0.2) is 0 Å². The third kappa shape index (κ3) is 6.68. The average Bonchev–Trinajstić information content (AvgIpc) is 2.55. The Balaban J connectivity index is 1.70. The third-order valence-electron chi connectivity index (χ3n) is 5.89. The number of halogens is 3. The molecule has 0 amide bonds. The summed E-state index contributed by atoms with van der Waals surface area (Å²) < 4.78 is 46.0. The minimum atomic E-state index is -4.14. The van der Waals surface area contributed by atoms with E-state index in [2.05, 4.69) is 13.8 Å². The molecule has 1 heterocycles. The topological polar surface area (TPSA) is 15.7 Å². The summed E-state index contributed by atoms with van der Waals surface area (Å²) in [7, 11) is 0. The minimum absolute atomic E-state index is 0.0629. The number of hydrogen-bond donors (Lipinski definition) is 0. The van der Waals surface area contributed by atoms with E-state index in [0.29, 0.717) is 18.8 Å². The number of nitrogens with zero attached hydrogens (tertiary/aromatic N) is 2. The zero-order chi connectivity index (χ0) is 19.3. The van der Waals surface area contributed by atoms with Crippen LogP contribution in [0.5, 0.6) is 0 Å². The molecule has 1 aliphatic heterocycles. The van der Waals surface area contributed by atoms with E-state index in [4.69, 9.17) is 4.74 Å². The Hall–Kier alpha value is -0.330. The van der Waals surface area contributed by atoms with Crippen LogP contribution in [-0.4, -0.2) is 66.4 Å². The first-order valence-electron chi connectivity index (χ1n) is 10.4. The van der Waals surface area contributed by atoms with Gasteiger partial charge in [-0.15, -0.1) is 0 Å². The molecule has 2 rings (SSSR count). The Kier molecular flexibility index (Phi) is 8.23. The number of piperazine rings is 1. The molecule has 1 aliphatic carbocycles. The van der Waals surface area contributed by atoms with E-state index in [-0.39, 0.29) is 12.6 Å². The van der Waals surface area contributed by atoms with Gasteiger partial charge in [-0.3, -0.25) is 4.90 Å². The molecular formula is C20H37F3N2O. The number of alkyl halides is 3. The van der Waals surface area contributed by atoms with Gasteiger partial charge < -0.3 is 9.64 Å². The second kappa shape index (κ2) is 9.74. The lowest BCUT2D eigenvalue weighted by atomic mass is 9.84. The van der Waals surface area contributed by atoms with Crippen LogP contribution >= 0.6 is 0 Å². The Morgan fingerprint density at radius 2 is 1.65 bits per heavy atom. The fourth-order valence-electron chi connectivity index (χ4n) is 4.51. The van der Waals surface area contributed by atoms with Gasteiger partial charge in [-0.2, -0.15) is 13.2 Å². The highest BCUT2D eigenvalue weighted by atomic mass is 19.4. The van der Waals surface area contributed by atoms with Gasteiger partial charge in [-0.25, -0.2) is 0 Å². The average molecular weight is 379 g/mol. The van der Waals surface area contributed by atoms with Crippen LogP contribution in [-0.2, 0) is 4.74 Å². The van der Waals surface area contributed by atoms with Crippen LogP contribution in [0, 0.1) is 5.92 Å². The van der Waals surface area contributed by atoms with E-state index in [1.54, 1.807) is 4.90 Å². The van der Waals surface area contributed by atoms with Crippen molar-refractivity contribution >= 4 is 0 Å². The van der Waals surface area contributed by atoms with E-state index in [0.717, 1.165) is 44.7 Å². The van der Waals surface area contributed by atoms with E-state index in [1.807, 2.05) is 18.7 Å². The van der Waals surface area contributed by atoms with Crippen molar-refractivity contribution in [3.05, 3.63) is 0 Å². The van der Waals surface area contributed by atoms with Crippen LogP contribution in [0.3, 0.4) is 0 Å². The fraction of sp³-hybridized carbons (Fsp3) is 1.00. The molecule has 0 bridgehead atoms. The van der Waals surface area contributed by atoms with Gasteiger partial charge in [0.2, 0.25) is 0 Å². The normalized spacial score (nSPS) is 29.7. The molecule has 0 unspecified atom stereocenters. The van der Waals surface area contributed by atoms with Crippen molar-refractivity contribution in [1.29, 1.82) is 0 Å². The van der Waals surface area contributed by atoms with Crippen LogP contribution in [0.15, 0.2) is 0 Å². The smallest absolute Gasteiger partial charge is 0.376 e. The lowest BCUT2D eigenvalue weighted by Crippen LogP contribution is -2.60. The van der Waals surface area contributed by atoms with Crippen molar-refractivity contribution in [3.8, 4) is 0 Å². The standard InChI is InChI=1S/C20H37F3N2O/c1-15(2)25-13-12-24(14-19(25)20(21,22)23)11-5-6-17-7-9-18(10-8-17)26-16(3)4/h15-19H,5-14H2,1-4H3/t17-,18-,19-/m1/s1. The van der Waals surface area contributed by atoms with Crippen LogP contribution in [0.2, 0.25) is 0 Å². The zero-order valence-corrected chi connectivity index (χ0v) is 16.9. The number of hydrogen-bond acceptors (Lipinski definition) is 3. The molecule has 0 spiro atoms. The van der Waals surface area contributed by atoms with E-state index < -0.39 is 12.2 Å². The SMILES string of the molecule is CC(C)O[C@H]1CC[C@H](CCCN2CCN(C(C)C)[C@@H](C(F)(F)F)C2)CC1. The van der Waals surface area contributed by atoms with Crippen LogP contribution < -0.4 is 0 Å². The van der Waals surface area contributed by atoms with Crippen molar-refractivity contribution in [1.82, 2.24) is 9.80 Å². The molecule has 2 aliphatic rings. The lowest BCUT2D eigenvalue weighted by molar-refractivity contribution is -0.202. The summed E-state index contributed by atoms with van der Waals surface area (Å²) in [6, 6.07) is -1.38. The van der Waals surface area contributed by atoms with E-state index in [1.165, 1.54) is 12.8 Å². The highest BCUT2D eigenvalue weighted by molar-refractivity contribution is 4.89. The Morgan fingerprint density at radius 3 is 2.19 bits per heavy atom. The maximum Gasteiger partial charge on any atom is 0.405 e. The van der Waals surface area contributed by atoms with E-state index >= 15 is 0 Å². The molecule has 6 heteroatoms. The molecule has 3 nitrogen and oxygen atoms in total. The molecule has 1 saturated carbocycles. The fourth-order valence-corrected chi connectivity index (χ4v) is 4.51. The van der Waals surface area contributed by atoms with Gasteiger partial charge in [0.25, 0.3) is 0 Å². The molecular weight excluding hydrogens is 341 g/mol. The quantitative estimate of drug-likeness (QED) is 0.638. The van der Waals surface area contributed by atoms with Crippen LogP contribution in [0.4, 0.5) is 13.2 Å². The summed E-state index contributed by atoms with van der Waals surface area (Å²) in [5.41, 5.74) is 0. The van der Waals surface area contributed by atoms with E-state index in [9.17, 15) is 13.2 Å². The molecule has 0 aromatic carbocycles. The summed E-state index contributed by atoms with van der Waals surface area (Å²) in [5, 5.41) is 0. The largest absolute Gasteiger partial charge is 0.405 e. The molecule has 1 saturated heterocycles. The predicted molar refractivity (Wildman–Crippen MR) is 99.3 cm³/mol. The maximum absolute atomic E-state index is 13.4. The molecule has 154 valence electrons. The van der Waals surface area contributed by atoms with Gasteiger partial charge in [0, 0.05) is 25.7 Å². The summed E-state index contributed by atoms with van der Waals surface area (Å²) in [4.78, 5) is 3.62. The van der Waals surface area contributed by atoms with Crippen LogP contribution in [0.1, 0.15) is 66.2 Å². The summed E-state index contributed by atoms with van der Waals surface area (Å²) in [5.74, 6) is 0.720. The molecule has 0 aromatic rings.